The molecule has 5 rings (SSSR count). The first-order chi connectivity index (χ1) is 19.0. The highest BCUT2D eigenvalue weighted by Crippen LogP contribution is 2.31. The number of carbonyl (C=O) groups excluding carboxylic acids is 2. The van der Waals surface area contributed by atoms with E-state index in [1.165, 1.54) is 12.7 Å². The van der Waals surface area contributed by atoms with Crippen LogP contribution in [0.25, 0.3) is 0 Å². The minimum atomic E-state index is -0.900. The van der Waals surface area contributed by atoms with Crippen LogP contribution in [0, 0.1) is 0 Å². The van der Waals surface area contributed by atoms with Gasteiger partial charge in [-0.15, -0.1) is 0 Å². The van der Waals surface area contributed by atoms with E-state index in [9.17, 15) is 9.59 Å². The summed E-state index contributed by atoms with van der Waals surface area (Å²) in [5.41, 5.74) is 4.51. The fourth-order valence-electron chi connectivity index (χ4n) is 5.24. The van der Waals surface area contributed by atoms with E-state index in [1.54, 1.807) is 5.06 Å². The third kappa shape index (κ3) is 6.40. The molecule has 0 radical (unpaired) electrons. The van der Waals surface area contributed by atoms with Crippen molar-refractivity contribution >= 4 is 39.3 Å². The van der Waals surface area contributed by atoms with Crippen molar-refractivity contribution in [3.05, 3.63) is 102 Å². The number of benzene rings is 3. The molecule has 3 aromatic rings. The van der Waals surface area contributed by atoms with Crippen molar-refractivity contribution in [3.8, 4) is 0 Å². The Morgan fingerprint density at radius 3 is 2.49 bits per heavy atom. The molecule has 3 unspecified atom stereocenters. The molecule has 0 aliphatic carbocycles. The lowest BCUT2D eigenvalue weighted by molar-refractivity contribution is -0.147. The number of carbonyl (C=O) groups is 2. The van der Waals surface area contributed by atoms with Crippen molar-refractivity contribution in [2.75, 3.05) is 25.3 Å². The third-order valence-electron chi connectivity index (χ3n) is 7.22. The molecule has 0 amide bonds. The molecule has 1 fully saturated rings. The van der Waals surface area contributed by atoms with Crippen molar-refractivity contribution in [2.45, 2.75) is 42.7 Å². The van der Waals surface area contributed by atoms with Gasteiger partial charge in [0.15, 0.2) is 6.04 Å². The Hall–Kier alpha value is -3.49. The van der Waals surface area contributed by atoms with Gasteiger partial charge in [-0.25, -0.2) is 9.86 Å². The Morgan fingerprint density at radius 2 is 1.74 bits per heavy atom. The monoisotopic (exact) mass is 589 g/mol. The zero-order chi connectivity index (χ0) is 27.2. The quantitative estimate of drug-likeness (QED) is 0.267. The summed E-state index contributed by atoms with van der Waals surface area (Å²) >= 11 is 3.37. The molecule has 0 spiro atoms. The number of aliphatic imine (C=N–C) groups is 1. The molecular formula is C31H32BrN3O4. The van der Waals surface area contributed by atoms with Crippen molar-refractivity contribution in [1.82, 2.24) is 4.90 Å². The first-order valence-corrected chi connectivity index (χ1v) is 14.2. The third-order valence-corrected chi connectivity index (χ3v) is 7.97. The maximum atomic E-state index is 13.6. The molecule has 0 aromatic heterocycles. The van der Waals surface area contributed by atoms with Gasteiger partial charge in [-0.05, 0) is 31.0 Å². The first kappa shape index (κ1) is 27.1. The number of anilines is 1. The maximum absolute atomic E-state index is 13.6. The fourth-order valence-corrected chi connectivity index (χ4v) is 5.78. The summed E-state index contributed by atoms with van der Waals surface area (Å²) < 4.78 is 4.88. The molecule has 3 atom stereocenters. The van der Waals surface area contributed by atoms with Crippen LogP contribution in [-0.2, 0) is 25.7 Å². The van der Waals surface area contributed by atoms with Crippen molar-refractivity contribution < 1.29 is 19.2 Å². The molecule has 3 aromatic carbocycles. The summed E-state index contributed by atoms with van der Waals surface area (Å²) in [6, 6.07) is 27.5. The summed E-state index contributed by atoms with van der Waals surface area (Å²) in [5, 5.41) is 1.73. The second-order valence-corrected chi connectivity index (χ2v) is 10.9. The number of ether oxygens (including phenoxy) is 1. The van der Waals surface area contributed by atoms with E-state index in [0.717, 1.165) is 42.7 Å². The van der Waals surface area contributed by atoms with Gasteiger partial charge >= 0.3 is 11.9 Å². The van der Waals surface area contributed by atoms with E-state index in [1.807, 2.05) is 60.7 Å². The fraction of sp³-hybridized carbons (Fsp3) is 0.323. The number of halogens is 1. The molecule has 0 saturated carbocycles. The van der Waals surface area contributed by atoms with Crippen LogP contribution in [0.4, 0.5) is 5.69 Å². The summed E-state index contributed by atoms with van der Waals surface area (Å²) in [5.74, 6) is -0.958. The zero-order valence-corrected chi connectivity index (χ0v) is 23.5. The Labute approximate surface area is 237 Å². The van der Waals surface area contributed by atoms with Crippen molar-refractivity contribution in [3.63, 3.8) is 0 Å². The summed E-state index contributed by atoms with van der Waals surface area (Å²) in [4.78, 5) is 38.5. The van der Waals surface area contributed by atoms with E-state index in [4.69, 9.17) is 14.6 Å². The van der Waals surface area contributed by atoms with Crippen LogP contribution in [0.1, 0.15) is 36.0 Å². The average Bonchev–Trinajstić information content (AvgIpc) is 3.40. The van der Waals surface area contributed by atoms with Crippen molar-refractivity contribution in [2.24, 2.45) is 4.99 Å². The molecule has 2 aliphatic heterocycles. The number of hydroxylamine groups is 1. The lowest BCUT2D eigenvalue weighted by Crippen LogP contribution is -2.44. The van der Waals surface area contributed by atoms with E-state index >= 15 is 0 Å². The highest BCUT2D eigenvalue weighted by Gasteiger charge is 2.35. The number of hydrogen-bond donors (Lipinski definition) is 0. The van der Waals surface area contributed by atoms with Gasteiger partial charge in [0.1, 0.15) is 4.83 Å². The molecule has 39 heavy (non-hydrogen) atoms. The van der Waals surface area contributed by atoms with Gasteiger partial charge in [0, 0.05) is 30.1 Å². The molecule has 8 heteroatoms. The van der Waals surface area contributed by atoms with Crippen molar-refractivity contribution in [1.29, 1.82) is 0 Å². The van der Waals surface area contributed by atoms with E-state index in [2.05, 4.69) is 45.1 Å². The molecule has 7 nitrogen and oxygen atoms in total. The number of methoxy groups -OCH3 is 1. The standard InChI is InChI=1S/C31H32BrN3O4/c1-38-30(36)26(32)19-27-31(37)39-35(21-24-15-10-18-34(24)20-22-11-4-2-5-12-22)28-17-9-8-16-25(28)29(33-27)23-13-6-3-7-14-23/h2-9,11-14,16-17,24,26-27H,10,15,18-21H2,1H3. The second-order valence-electron chi connectivity index (χ2n) is 9.83. The Kier molecular flexibility index (Phi) is 8.74. The Bertz CT molecular complexity index is 1320. The molecular weight excluding hydrogens is 558 g/mol. The van der Waals surface area contributed by atoms with E-state index < -0.39 is 22.8 Å². The van der Waals surface area contributed by atoms with E-state index in [0.29, 0.717) is 12.3 Å². The van der Waals surface area contributed by atoms with Crippen LogP contribution >= 0.6 is 15.9 Å². The maximum Gasteiger partial charge on any atom is 0.356 e. The average molecular weight is 591 g/mol. The summed E-state index contributed by atoms with van der Waals surface area (Å²) in [6.45, 7) is 2.37. The molecule has 202 valence electrons. The number of fused-ring (bicyclic) bond motifs is 1. The van der Waals surface area contributed by atoms with Gasteiger partial charge in [0.25, 0.3) is 0 Å². The number of nitrogens with zero attached hydrogens (tertiary/aromatic N) is 3. The molecule has 2 aliphatic rings. The highest BCUT2D eigenvalue weighted by atomic mass is 79.9. The number of rotatable bonds is 8. The number of likely N-dealkylation sites (tertiary alicyclic amines) is 1. The van der Waals surface area contributed by atoms with Gasteiger partial charge in [-0.2, -0.15) is 0 Å². The topological polar surface area (TPSA) is 71.4 Å². The van der Waals surface area contributed by atoms with Crippen LogP contribution < -0.4 is 5.06 Å². The largest absolute Gasteiger partial charge is 0.468 e. The smallest absolute Gasteiger partial charge is 0.356 e. The lowest BCUT2D eigenvalue weighted by Gasteiger charge is -2.34. The van der Waals surface area contributed by atoms with Gasteiger partial charge in [0.05, 0.1) is 25.1 Å². The van der Waals surface area contributed by atoms with Crippen LogP contribution in [0.3, 0.4) is 0 Å². The number of para-hydroxylation sites is 1. The molecule has 1 saturated heterocycles. The van der Waals surface area contributed by atoms with Gasteiger partial charge in [-0.3, -0.25) is 14.7 Å². The zero-order valence-electron chi connectivity index (χ0n) is 21.9. The Balaban J connectivity index is 1.50. The predicted molar refractivity (Wildman–Crippen MR) is 155 cm³/mol. The normalized spacial score (nSPS) is 20.3. The van der Waals surface area contributed by atoms with Gasteiger partial charge < -0.3 is 9.57 Å². The summed E-state index contributed by atoms with van der Waals surface area (Å²) in [6.07, 6.45) is 2.21. The number of esters is 1. The Morgan fingerprint density at radius 1 is 1.05 bits per heavy atom. The molecule has 2 heterocycles. The van der Waals surface area contributed by atoms with E-state index in [-0.39, 0.29) is 12.5 Å². The van der Waals surface area contributed by atoms with Gasteiger partial charge in [0.2, 0.25) is 0 Å². The van der Waals surface area contributed by atoms with Crippen LogP contribution in [0.15, 0.2) is 89.9 Å². The second kappa shape index (κ2) is 12.6. The highest BCUT2D eigenvalue weighted by molar-refractivity contribution is 9.10. The van der Waals surface area contributed by atoms with Crippen LogP contribution in [0.2, 0.25) is 0 Å². The van der Waals surface area contributed by atoms with Gasteiger partial charge in [-0.1, -0.05) is 94.8 Å². The first-order valence-electron chi connectivity index (χ1n) is 13.3. The number of alkyl halides is 1. The minimum Gasteiger partial charge on any atom is -0.468 e. The summed E-state index contributed by atoms with van der Waals surface area (Å²) in [7, 11) is 1.33. The molecule has 0 N–H and O–H groups in total. The van der Waals surface area contributed by atoms with Crippen LogP contribution in [-0.4, -0.2) is 59.7 Å². The van der Waals surface area contributed by atoms with Crippen LogP contribution in [0.5, 0.6) is 0 Å². The SMILES string of the molecule is COC(=O)C(Br)CC1N=C(c2ccccc2)c2ccccc2N(CC2CCCN2Cc2ccccc2)OC1=O. The lowest BCUT2D eigenvalue weighted by atomic mass is 9.98. The predicted octanol–water partition coefficient (Wildman–Crippen LogP) is 5.16. The number of hydrogen-bond acceptors (Lipinski definition) is 7. The molecule has 0 bridgehead atoms. The minimum absolute atomic E-state index is 0.113.